The van der Waals surface area contributed by atoms with Crippen molar-refractivity contribution in [3.63, 3.8) is 0 Å². The summed E-state index contributed by atoms with van der Waals surface area (Å²) in [6, 6.07) is 0. The summed E-state index contributed by atoms with van der Waals surface area (Å²) in [6.07, 6.45) is -1.34. The van der Waals surface area contributed by atoms with Crippen LogP contribution in [-0.4, -0.2) is 46.5 Å². The molecule has 4 nitrogen and oxygen atoms in total. The van der Waals surface area contributed by atoms with Crippen LogP contribution in [-0.2, 0) is 14.2 Å². The van der Waals surface area contributed by atoms with E-state index in [-0.39, 0.29) is 18.5 Å². The number of thioether (sulfide) groups is 1. The summed E-state index contributed by atoms with van der Waals surface area (Å²) in [5.74, 6) is 0.447. The minimum absolute atomic E-state index is 0.105. The minimum Gasteiger partial charge on any atom is -0.387 e. The zero-order valence-electron chi connectivity index (χ0n) is 8.17. The van der Waals surface area contributed by atoms with Gasteiger partial charge in [-0.25, -0.2) is 0 Å². The summed E-state index contributed by atoms with van der Waals surface area (Å²) in [5, 5.41) is 10.4. The zero-order valence-corrected chi connectivity index (χ0v) is 8.99. The average Bonchev–Trinajstić information content (AvgIpc) is 2.81. The molecule has 14 heavy (non-hydrogen) atoms. The van der Waals surface area contributed by atoms with E-state index in [2.05, 4.69) is 0 Å². The molecule has 3 rings (SSSR count). The molecule has 0 aromatic carbocycles. The Bertz CT molecular complexity index is 251. The largest absolute Gasteiger partial charge is 0.387 e. The highest BCUT2D eigenvalue weighted by Gasteiger charge is 2.57. The van der Waals surface area contributed by atoms with Gasteiger partial charge in [-0.2, -0.15) is 11.8 Å². The molecule has 3 saturated heterocycles. The molecule has 0 radical (unpaired) electrons. The molecule has 3 aliphatic heterocycles. The first-order valence-electron chi connectivity index (χ1n) is 4.88. The number of hydrogen-bond acceptors (Lipinski definition) is 5. The molecule has 3 aliphatic rings. The first-order valence-corrected chi connectivity index (χ1v) is 5.92. The molecule has 0 saturated carbocycles. The van der Waals surface area contributed by atoms with Crippen LogP contribution < -0.4 is 0 Å². The van der Waals surface area contributed by atoms with Crippen molar-refractivity contribution >= 4 is 11.8 Å². The number of aliphatic hydroxyl groups is 1. The topological polar surface area (TPSA) is 47.9 Å². The molecule has 80 valence electrons. The summed E-state index contributed by atoms with van der Waals surface area (Å²) in [5.41, 5.74) is 0. The van der Waals surface area contributed by atoms with Crippen LogP contribution in [0.2, 0.25) is 0 Å². The molecule has 0 unspecified atom stereocenters. The fraction of sp³-hybridized carbons (Fsp3) is 1.00. The zero-order chi connectivity index (χ0) is 9.92. The van der Waals surface area contributed by atoms with Gasteiger partial charge in [0.05, 0.1) is 0 Å². The first kappa shape index (κ1) is 9.42. The van der Waals surface area contributed by atoms with Crippen molar-refractivity contribution < 1.29 is 19.3 Å². The van der Waals surface area contributed by atoms with Gasteiger partial charge in [-0.3, -0.25) is 0 Å². The highest BCUT2D eigenvalue weighted by molar-refractivity contribution is 8.06. The number of ether oxygens (including phenoxy) is 3. The van der Waals surface area contributed by atoms with E-state index in [1.54, 1.807) is 0 Å². The van der Waals surface area contributed by atoms with Crippen molar-refractivity contribution in [2.75, 3.05) is 5.75 Å². The van der Waals surface area contributed by atoms with Crippen molar-refractivity contribution in [1.82, 2.24) is 0 Å². The Kier molecular flexibility index (Phi) is 1.92. The van der Waals surface area contributed by atoms with Crippen LogP contribution in [0.15, 0.2) is 0 Å². The van der Waals surface area contributed by atoms with Gasteiger partial charge in [-0.1, -0.05) is 0 Å². The van der Waals surface area contributed by atoms with Gasteiger partial charge in [-0.15, -0.1) is 0 Å². The number of aliphatic hydroxyl groups excluding tert-OH is 1. The van der Waals surface area contributed by atoms with Gasteiger partial charge >= 0.3 is 0 Å². The van der Waals surface area contributed by atoms with Crippen LogP contribution in [0.5, 0.6) is 0 Å². The van der Waals surface area contributed by atoms with Crippen molar-refractivity contribution in [3.05, 3.63) is 0 Å². The summed E-state index contributed by atoms with van der Waals surface area (Å²) >= 11 is 1.81. The number of hydrogen-bond donors (Lipinski definition) is 1. The Hall–Kier alpha value is 0.190. The van der Waals surface area contributed by atoms with E-state index < -0.39 is 11.9 Å². The summed E-state index contributed by atoms with van der Waals surface area (Å²) in [7, 11) is 0. The van der Waals surface area contributed by atoms with E-state index in [0.29, 0.717) is 5.25 Å². The van der Waals surface area contributed by atoms with Gasteiger partial charge in [0.15, 0.2) is 12.1 Å². The van der Waals surface area contributed by atoms with Crippen molar-refractivity contribution in [3.8, 4) is 0 Å². The maximum absolute atomic E-state index is 9.96. The molecule has 0 aromatic rings. The summed E-state index contributed by atoms with van der Waals surface area (Å²) in [6.45, 7) is 3.67. The van der Waals surface area contributed by atoms with Gasteiger partial charge in [0.1, 0.15) is 18.3 Å². The van der Waals surface area contributed by atoms with Gasteiger partial charge in [-0.05, 0) is 13.8 Å². The normalized spacial score (nSPS) is 54.6. The molecule has 3 fully saturated rings. The second-order valence-corrected chi connectivity index (χ2v) is 5.70. The molecule has 0 bridgehead atoms. The predicted octanol–water partition coefficient (Wildman–Crippen LogP) is 0.339. The maximum atomic E-state index is 9.96. The van der Waals surface area contributed by atoms with E-state index in [4.69, 9.17) is 14.2 Å². The van der Waals surface area contributed by atoms with E-state index >= 15 is 0 Å². The lowest BCUT2D eigenvalue weighted by molar-refractivity contribution is -0.213. The standard InChI is InChI=1S/C9H14O4S/c1-9(2)12-7-5(10)6(4-3-14-4)11-8(7)13-9/h4-8,10H,3H2,1-2H3/t4-,5+,6-,7-,8-/m1/s1. The lowest BCUT2D eigenvalue weighted by atomic mass is 10.1. The molecule has 3 heterocycles. The fourth-order valence-electron chi connectivity index (χ4n) is 2.07. The maximum Gasteiger partial charge on any atom is 0.190 e. The van der Waals surface area contributed by atoms with Gasteiger partial charge < -0.3 is 19.3 Å². The Labute approximate surface area is 86.9 Å². The second kappa shape index (κ2) is 2.86. The van der Waals surface area contributed by atoms with E-state index in [0.717, 1.165) is 5.75 Å². The van der Waals surface area contributed by atoms with Gasteiger partial charge in [0.2, 0.25) is 0 Å². The lowest BCUT2D eigenvalue weighted by Crippen LogP contribution is -2.36. The molecule has 0 spiro atoms. The lowest BCUT2D eigenvalue weighted by Gasteiger charge is -2.22. The molecule has 0 aliphatic carbocycles. The fourth-order valence-corrected chi connectivity index (χ4v) is 2.78. The molecule has 5 atom stereocenters. The van der Waals surface area contributed by atoms with Crippen LogP contribution in [0.3, 0.4) is 0 Å². The molecular formula is C9H14O4S. The third kappa shape index (κ3) is 1.39. The summed E-state index contributed by atoms with van der Waals surface area (Å²) in [4.78, 5) is 0. The quantitative estimate of drug-likeness (QED) is 0.643. The highest BCUT2D eigenvalue weighted by atomic mass is 32.2. The van der Waals surface area contributed by atoms with Crippen molar-refractivity contribution in [2.24, 2.45) is 0 Å². The molecule has 0 aromatic heterocycles. The van der Waals surface area contributed by atoms with E-state index in [1.807, 2.05) is 25.6 Å². The van der Waals surface area contributed by atoms with Crippen LogP contribution in [0, 0.1) is 0 Å². The van der Waals surface area contributed by atoms with Crippen LogP contribution in [0.1, 0.15) is 13.8 Å². The van der Waals surface area contributed by atoms with Crippen LogP contribution >= 0.6 is 11.8 Å². The van der Waals surface area contributed by atoms with Crippen LogP contribution in [0.25, 0.3) is 0 Å². The smallest absolute Gasteiger partial charge is 0.190 e. The van der Waals surface area contributed by atoms with E-state index in [9.17, 15) is 5.11 Å². The molecule has 5 heteroatoms. The second-order valence-electron chi connectivity index (χ2n) is 4.43. The van der Waals surface area contributed by atoms with Crippen molar-refractivity contribution in [1.29, 1.82) is 0 Å². The third-order valence-corrected chi connectivity index (χ3v) is 3.76. The number of rotatable bonds is 1. The highest BCUT2D eigenvalue weighted by Crippen LogP contribution is 2.45. The van der Waals surface area contributed by atoms with Crippen LogP contribution in [0.4, 0.5) is 0 Å². The third-order valence-electron chi connectivity index (χ3n) is 2.78. The predicted molar refractivity (Wildman–Crippen MR) is 51.0 cm³/mol. The SMILES string of the molecule is CC1(C)O[C@H]2O[C@H]([C@H]3CS3)[C@H](O)[C@H]2O1. The number of fused-ring (bicyclic) bond motifs is 1. The Morgan fingerprint density at radius 2 is 2.00 bits per heavy atom. The Morgan fingerprint density at radius 1 is 1.29 bits per heavy atom. The molecule has 1 N–H and O–H groups in total. The van der Waals surface area contributed by atoms with E-state index in [1.165, 1.54) is 0 Å². The average molecular weight is 218 g/mol. The minimum atomic E-state index is -0.627. The monoisotopic (exact) mass is 218 g/mol. The van der Waals surface area contributed by atoms with Gasteiger partial charge in [0, 0.05) is 11.0 Å². The first-order chi connectivity index (χ1) is 6.57. The van der Waals surface area contributed by atoms with Crippen molar-refractivity contribution in [2.45, 2.75) is 49.5 Å². The van der Waals surface area contributed by atoms with Gasteiger partial charge in [0.25, 0.3) is 0 Å². The summed E-state index contributed by atoms with van der Waals surface area (Å²) < 4.78 is 16.8. The Balaban J connectivity index is 1.74. The molecule has 0 amide bonds. The molecular weight excluding hydrogens is 204 g/mol. The Morgan fingerprint density at radius 3 is 2.57 bits per heavy atom.